The van der Waals surface area contributed by atoms with Crippen LogP contribution in [0.25, 0.3) is 0 Å². The minimum Gasteiger partial charge on any atom is -0.306 e. The molecule has 2 rings (SSSR count). The van der Waals surface area contributed by atoms with Crippen LogP contribution in [0, 0.1) is 11.6 Å². The number of rotatable bonds is 4. The molecule has 7 heteroatoms. The number of sulfone groups is 1. The molecule has 24 heavy (non-hydrogen) atoms. The van der Waals surface area contributed by atoms with Crippen LogP contribution in [0.5, 0.6) is 0 Å². The smallest absolute Gasteiger partial charge is 0.258 e. The second kappa shape index (κ2) is 6.68. The van der Waals surface area contributed by atoms with Crippen LogP contribution in [0.2, 0.25) is 0 Å². The summed E-state index contributed by atoms with van der Waals surface area (Å²) in [5, 5.41) is 0. The first kappa shape index (κ1) is 18.1. The molecule has 0 saturated heterocycles. The van der Waals surface area contributed by atoms with Crippen molar-refractivity contribution in [1.82, 2.24) is 0 Å². The van der Waals surface area contributed by atoms with Crippen LogP contribution >= 0.6 is 0 Å². The quantitative estimate of drug-likeness (QED) is 0.846. The van der Waals surface area contributed by atoms with Gasteiger partial charge < -0.3 is 4.90 Å². The second-order valence-electron chi connectivity index (χ2n) is 5.69. The molecule has 1 amide bonds. The van der Waals surface area contributed by atoms with Gasteiger partial charge in [0.15, 0.2) is 9.84 Å². The summed E-state index contributed by atoms with van der Waals surface area (Å²) in [6, 6.07) is 8.08. The maximum atomic E-state index is 13.4. The average Bonchev–Trinajstić information content (AvgIpc) is 2.45. The van der Waals surface area contributed by atoms with Crippen molar-refractivity contribution in [1.29, 1.82) is 0 Å². The number of hydrogen-bond donors (Lipinski definition) is 0. The van der Waals surface area contributed by atoms with Crippen molar-refractivity contribution >= 4 is 21.4 Å². The fourth-order valence-electron chi connectivity index (χ4n) is 2.32. The minimum atomic E-state index is -3.35. The topological polar surface area (TPSA) is 54.5 Å². The van der Waals surface area contributed by atoms with E-state index < -0.39 is 27.4 Å². The Kier molecular flexibility index (Phi) is 5.03. The Hall–Kier alpha value is -2.28. The van der Waals surface area contributed by atoms with Crippen LogP contribution < -0.4 is 4.90 Å². The summed E-state index contributed by atoms with van der Waals surface area (Å²) < 4.78 is 49.8. The van der Waals surface area contributed by atoms with Crippen LogP contribution in [0.15, 0.2) is 47.4 Å². The van der Waals surface area contributed by atoms with Crippen molar-refractivity contribution in [2.75, 3.05) is 11.2 Å². The van der Waals surface area contributed by atoms with Gasteiger partial charge in [0.05, 0.1) is 4.90 Å². The van der Waals surface area contributed by atoms with E-state index in [2.05, 4.69) is 0 Å². The van der Waals surface area contributed by atoms with Gasteiger partial charge in [-0.05, 0) is 50.2 Å². The average molecular weight is 353 g/mol. The first-order chi connectivity index (χ1) is 11.1. The number of carbonyl (C=O) groups is 1. The zero-order chi connectivity index (χ0) is 18.1. The lowest BCUT2D eigenvalue weighted by molar-refractivity contribution is 0.0979. The zero-order valence-electron chi connectivity index (χ0n) is 13.5. The van der Waals surface area contributed by atoms with Crippen molar-refractivity contribution < 1.29 is 22.0 Å². The van der Waals surface area contributed by atoms with Crippen LogP contribution in [0.4, 0.5) is 14.5 Å². The number of nitrogens with zero attached hydrogens (tertiary/aromatic N) is 1. The normalized spacial score (nSPS) is 11.6. The summed E-state index contributed by atoms with van der Waals surface area (Å²) in [5.74, 6) is -2.25. The van der Waals surface area contributed by atoms with Gasteiger partial charge in [-0.1, -0.05) is 0 Å². The standard InChI is InChI=1S/C17H17F2NO3S/c1-11(2)20(15-4-6-16(7-5-15)24(3,22)23)17(21)12-8-13(18)10-14(19)9-12/h4-11H,1-3H3. The molecular formula is C17H17F2NO3S. The van der Waals surface area contributed by atoms with Crippen molar-refractivity contribution in [3.8, 4) is 0 Å². The third-order valence-corrected chi connectivity index (χ3v) is 4.52. The summed E-state index contributed by atoms with van der Waals surface area (Å²) >= 11 is 0. The third-order valence-electron chi connectivity index (χ3n) is 3.39. The molecule has 0 aliphatic carbocycles. The Morgan fingerprint density at radius 3 is 1.92 bits per heavy atom. The molecular weight excluding hydrogens is 336 g/mol. The summed E-state index contributed by atoms with van der Waals surface area (Å²) in [6.45, 7) is 3.50. The molecule has 0 aromatic heterocycles. The molecule has 0 bridgehead atoms. The van der Waals surface area contributed by atoms with E-state index in [1.807, 2.05) is 0 Å². The van der Waals surface area contributed by atoms with Gasteiger partial charge in [0, 0.05) is 29.6 Å². The van der Waals surface area contributed by atoms with Gasteiger partial charge >= 0.3 is 0 Å². The van der Waals surface area contributed by atoms with Crippen molar-refractivity contribution in [2.45, 2.75) is 24.8 Å². The number of benzene rings is 2. The van der Waals surface area contributed by atoms with Gasteiger partial charge in [-0.2, -0.15) is 0 Å². The molecule has 0 heterocycles. The maximum absolute atomic E-state index is 13.4. The van der Waals surface area contributed by atoms with E-state index in [9.17, 15) is 22.0 Å². The molecule has 0 fully saturated rings. The molecule has 2 aromatic carbocycles. The van der Waals surface area contributed by atoms with Crippen LogP contribution in [0.1, 0.15) is 24.2 Å². The van der Waals surface area contributed by atoms with E-state index >= 15 is 0 Å². The highest BCUT2D eigenvalue weighted by Crippen LogP contribution is 2.23. The zero-order valence-corrected chi connectivity index (χ0v) is 14.3. The van der Waals surface area contributed by atoms with Gasteiger partial charge in [0.25, 0.3) is 5.91 Å². The fraction of sp³-hybridized carbons (Fsp3) is 0.235. The molecule has 0 saturated carbocycles. The van der Waals surface area contributed by atoms with Crippen molar-refractivity contribution in [2.24, 2.45) is 0 Å². The van der Waals surface area contributed by atoms with Gasteiger partial charge in [0.1, 0.15) is 11.6 Å². The van der Waals surface area contributed by atoms with E-state index in [1.165, 1.54) is 29.2 Å². The van der Waals surface area contributed by atoms with Gasteiger partial charge in [-0.25, -0.2) is 17.2 Å². The lowest BCUT2D eigenvalue weighted by Gasteiger charge is -2.27. The predicted octanol–water partition coefficient (Wildman–Crippen LogP) is 3.42. The van der Waals surface area contributed by atoms with E-state index in [0.717, 1.165) is 18.4 Å². The Bertz CT molecular complexity index is 842. The highest BCUT2D eigenvalue weighted by atomic mass is 32.2. The maximum Gasteiger partial charge on any atom is 0.258 e. The molecule has 0 aliphatic heterocycles. The summed E-state index contributed by atoms with van der Waals surface area (Å²) in [7, 11) is -3.35. The van der Waals surface area contributed by atoms with Crippen molar-refractivity contribution in [3.63, 3.8) is 0 Å². The summed E-state index contributed by atoms with van der Waals surface area (Å²) in [5.41, 5.74) is 0.320. The van der Waals surface area contributed by atoms with E-state index in [4.69, 9.17) is 0 Å². The summed E-state index contributed by atoms with van der Waals surface area (Å²) in [6.07, 6.45) is 1.09. The molecule has 4 nitrogen and oxygen atoms in total. The highest BCUT2D eigenvalue weighted by Gasteiger charge is 2.22. The van der Waals surface area contributed by atoms with E-state index in [0.29, 0.717) is 11.8 Å². The number of halogens is 2. The predicted molar refractivity (Wildman–Crippen MR) is 87.9 cm³/mol. The SMILES string of the molecule is CC(C)N(C(=O)c1cc(F)cc(F)c1)c1ccc(S(C)(=O)=O)cc1. The van der Waals surface area contributed by atoms with Gasteiger partial charge in [0.2, 0.25) is 0 Å². The number of anilines is 1. The molecule has 0 aliphatic rings. The van der Waals surface area contributed by atoms with E-state index in [1.54, 1.807) is 13.8 Å². The summed E-state index contributed by atoms with van der Waals surface area (Å²) in [4.78, 5) is 14.1. The molecule has 0 spiro atoms. The fourth-order valence-corrected chi connectivity index (χ4v) is 2.95. The molecule has 128 valence electrons. The number of amides is 1. The largest absolute Gasteiger partial charge is 0.306 e. The lowest BCUT2D eigenvalue weighted by Crippen LogP contribution is -2.37. The van der Waals surface area contributed by atoms with Gasteiger partial charge in [-0.3, -0.25) is 4.79 Å². The number of hydrogen-bond acceptors (Lipinski definition) is 3. The molecule has 0 radical (unpaired) electrons. The molecule has 2 aromatic rings. The molecule has 0 unspecified atom stereocenters. The Balaban J connectivity index is 2.44. The molecule has 0 N–H and O–H groups in total. The van der Waals surface area contributed by atoms with Crippen molar-refractivity contribution in [3.05, 3.63) is 59.7 Å². The van der Waals surface area contributed by atoms with Crippen LogP contribution in [-0.4, -0.2) is 26.6 Å². The Morgan fingerprint density at radius 1 is 1.00 bits per heavy atom. The van der Waals surface area contributed by atoms with E-state index in [-0.39, 0.29) is 16.5 Å². The van der Waals surface area contributed by atoms with Crippen LogP contribution in [-0.2, 0) is 9.84 Å². The monoisotopic (exact) mass is 353 g/mol. The molecule has 0 atom stereocenters. The minimum absolute atomic E-state index is 0.117. The van der Waals surface area contributed by atoms with Gasteiger partial charge in [-0.15, -0.1) is 0 Å². The Morgan fingerprint density at radius 2 is 1.50 bits per heavy atom. The lowest BCUT2D eigenvalue weighted by atomic mass is 10.1. The second-order valence-corrected chi connectivity index (χ2v) is 7.71. The number of carbonyl (C=O) groups excluding carboxylic acids is 1. The first-order valence-corrected chi connectivity index (χ1v) is 9.08. The van der Waals surface area contributed by atoms with Crippen LogP contribution in [0.3, 0.4) is 0 Å². The first-order valence-electron chi connectivity index (χ1n) is 7.19. The highest BCUT2D eigenvalue weighted by molar-refractivity contribution is 7.90. The Labute approximate surface area is 139 Å². The third kappa shape index (κ3) is 3.97.